The predicted octanol–water partition coefficient (Wildman–Crippen LogP) is 4.50. The van der Waals surface area contributed by atoms with Gasteiger partial charge in [-0.05, 0) is 37.1 Å². The first-order chi connectivity index (χ1) is 13.8. The van der Waals surface area contributed by atoms with Gasteiger partial charge in [0, 0.05) is 19.0 Å². The van der Waals surface area contributed by atoms with Crippen molar-refractivity contribution in [2.24, 2.45) is 0 Å². The Labute approximate surface area is 182 Å². The highest BCUT2D eigenvalue weighted by Gasteiger charge is 2.16. The van der Waals surface area contributed by atoms with Gasteiger partial charge in [-0.15, -0.1) is 11.3 Å². The standard InChI is InChI=1S/C20H19Cl2N3O3S/c1-12-11-29-20(23-12)24(2)10-17-15(21)9-16(22)18(26)25(17)8-7-13-3-5-14(6-4-13)19(27)28/h3-6,9,11H,7-8,10H2,1-2H3,(H,27,28). The average Bonchev–Trinajstić information content (AvgIpc) is 3.12. The third kappa shape index (κ3) is 4.98. The lowest BCUT2D eigenvalue weighted by molar-refractivity contribution is 0.0697. The molecule has 0 radical (unpaired) electrons. The molecule has 0 saturated carbocycles. The molecule has 1 aromatic carbocycles. The van der Waals surface area contributed by atoms with E-state index in [4.69, 9.17) is 28.3 Å². The van der Waals surface area contributed by atoms with Crippen molar-refractivity contribution in [3.05, 3.63) is 78.6 Å². The normalized spacial score (nSPS) is 10.9. The molecule has 0 aliphatic rings. The summed E-state index contributed by atoms with van der Waals surface area (Å²) in [5.41, 5.74) is 2.40. The van der Waals surface area contributed by atoms with E-state index in [1.807, 2.05) is 24.3 Å². The van der Waals surface area contributed by atoms with Crippen LogP contribution in [0.5, 0.6) is 0 Å². The Kier molecular flexibility index (Phi) is 6.62. The number of thiazole rings is 1. The SMILES string of the molecule is Cc1csc(N(C)Cc2c(Cl)cc(Cl)c(=O)n2CCc2ccc(C(=O)O)cc2)n1. The molecule has 0 aliphatic heterocycles. The lowest BCUT2D eigenvalue weighted by atomic mass is 10.1. The van der Waals surface area contributed by atoms with Gasteiger partial charge in [0.1, 0.15) is 5.02 Å². The van der Waals surface area contributed by atoms with Gasteiger partial charge >= 0.3 is 5.97 Å². The maximum Gasteiger partial charge on any atom is 0.335 e. The first kappa shape index (κ1) is 21.4. The average molecular weight is 452 g/mol. The number of carboxylic acid groups (broad SMARTS) is 1. The van der Waals surface area contributed by atoms with E-state index in [1.54, 1.807) is 28.8 Å². The molecule has 6 nitrogen and oxygen atoms in total. The molecule has 0 bridgehead atoms. The van der Waals surface area contributed by atoms with Gasteiger partial charge in [0.05, 0.1) is 28.5 Å². The summed E-state index contributed by atoms with van der Waals surface area (Å²) in [5.74, 6) is -0.975. The van der Waals surface area contributed by atoms with Crippen molar-refractivity contribution in [2.75, 3.05) is 11.9 Å². The van der Waals surface area contributed by atoms with Crippen LogP contribution >= 0.6 is 34.5 Å². The second-order valence-corrected chi connectivity index (χ2v) is 8.27. The molecule has 0 saturated heterocycles. The summed E-state index contributed by atoms with van der Waals surface area (Å²) in [7, 11) is 1.89. The van der Waals surface area contributed by atoms with Crippen LogP contribution in [0, 0.1) is 6.92 Å². The summed E-state index contributed by atoms with van der Waals surface area (Å²) in [4.78, 5) is 30.1. The fraction of sp³-hybridized carbons (Fsp3) is 0.250. The molecule has 1 N–H and O–H groups in total. The van der Waals surface area contributed by atoms with Gasteiger partial charge < -0.3 is 14.6 Å². The number of anilines is 1. The Bertz CT molecular complexity index is 1090. The molecule has 0 spiro atoms. The Morgan fingerprint density at radius 1 is 1.24 bits per heavy atom. The number of hydrogen-bond acceptors (Lipinski definition) is 5. The van der Waals surface area contributed by atoms with Gasteiger partial charge in [-0.2, -0.15) is 0 Å². The highest BCUT2D eigenvalue weighted by atomic mass is 35.5. The lowest BCUT2D eigenvalue weighted by Gasteiger charge is -2.21. The molecule has 29 heavy (non-hydrogen) atoms. The first-order valence-corrected chi connectivity index (χ1v) is 10.4. The van der Waals surface area contributed by atoms with Crippen molar-refractivity contribution in [1.82, 2.24) is 9.55 Å². The zero-order chi connectivity index (χ0) is 21.1. The number of pyridine rings is 1. The molecular formula is C20H19Cl2N3O3S. The predicted molar refractivity (Wildman–Crippen MR) is 117 cm³/mol. The second-order valence-electron chi connectivity index (χ2n) is 6.62. The topological polar surface area (TPSA) is 75.4 Å². The minimum atomic E-state index is -0.975. The Balaban J connectivity index is 1.86. The van der Waals surface area contributed by atoms with E-state index >= 15 is 0 Å². The van der Waals surface area contributed by atoms with Crippen LogP contribution in [0.3, 0.4) is 0 Å². The number of benzene rings is 1. The number of rotatable bonds is 7. The number of aromatic nitrogens is 2. The van der Waals surface area contributed by atoms with E-state index in [9.17, 15) is 9.59 Å². The number of nitrogens with zero attached hydrogens (tertiary/aromatic N) is 3. The first-order valence-electron chi connectivity index (χ1n) is 8.79. The third-order valence-electron chi connectivity index (χ3n) is 4.45. The van der Waals surface area contributed by atoms with Crippen LogP contribution in [0.15, 0.2) is 40.5 Å². The van der Waals surface area contributed by atoms with Crippen molar-refractivity contribution >= 4 is 45.6 Å². The number of aryl methyl sites for hydroxylation is 2. The van der Waals surface area contributed by atoms with E-state index < -0.39 is 5.97 Å². The zero-order valence-corrected chi connectivity index (χ0v) is 18.2. The summed E-state index contributed by atoms with van der Waals surface area (Å²) in [6.45, 7) is 2.69. The molecule has 2 aromatic heterocycles. The van der Waals surface area contributed by atoms with Crippen LogP contribution < -0.4 is 10.5 Å². The second kappa shape index (κ2) is 8.98. The van der Waals surface area contributed by atoms with Gasteiger partial charge in [-0.25, -0.2) is 9.78 Å². The molecule has 0 amide bonds. The van der Waals surface area contributed by atoms with E-state index in [0.29, 0.717) is 30.2 Å². The van der Waals surface area contributed by atoms with Crippen LogP contribution in [0.2, 0.25) is 10.0 Å². The minimum Gasteiger partial charge on any atom is -0.478 e. The van der Waals surface area contributed by atoms with E-state index in [0.717, 1.165) is 16.4 Å². The smallest absolute Gasteiger partial charge is 0.335 e. The molecule has 152 valence electrons. The van der Waals surface area contributed by atoms with Gasteiger partial charge in [0.15, 0.2) is 5.13 Å². The minimum absolute atomic E-state index is 0.0627. The van der Waals surface area contributed by atoms with Crippen molar-refractivity contribution in [3.8, 4) is 0 Å². The van der Waals surface area contributed by atoms with Gasteiger partial charge in [-0.3, -0.25) is 4.79 Å². The van der Waals surface area contributed by atoms with Crippen LogP contribution in [-0.2, 0) is 19.5 Å². The molecule has 0 aliphatic carbocycles. The van der Waals surface area contributed by atoms with Gasteiger partial charge in [0.25, 0.3) is 5.56 Å². The zero-order valence-electron chi connectivity index (χ0n) is 15.9. The largest absolute Gasteiger partial charge is 0.478 e. The summed E-state index contributed by atoms with van der Waals surface area (Å²) >= 11 is 14.0. The summed E-state index contributed by atoms with van der Waals surface area (Å²) in [6.07, 6.45) is 0.531. The summed E-state index contributed by atoms with van der Waals surface area (Å²) in [6, 6.07) is 8.05. The van der Waals surface area contributed by atoms with E-state index in [2.05, 4.69) is 4.98 Å². The Hall–Kier alpha value is -2.35. The quantitative estimate of drug-likeness (QED) is 0.572. The third-order valence-corrected chi connectivity index (χ3v) is 6.12. The van der Waals surface area contributed by atoms with Gasteiger partial charge in [-0.1, -0.05) is 35.3 Å². The molecule has 3 rings (SSSR count). The lowest BCUT2D eigenvalue weighted by Crippen LogP contribution is -2.29. The summed E-state index contributed by atoms with van der Waals surface area (Å²) in [5, 5.41) is 12.3. The van der Waals surface area contributed by atoms with Crippen LogP contribution in [0.25, 0.3) is 0 Å². The fourth-order valence-electron chi connectivity index (χ4n) is 2.90. The maximum atomic E-state index is 12.7. The van der Waals surface area contributed by atoms with Gasteiger partial charge in [0.2, 0.25) is 0 Å². The molecule has 0 fully saturated rings. The summed E-state index contributed by atoms with van der Waals surface area (Å²) < 4.78 is 1.58. The van der Waals surface area contributed by atoms with E-state index in [1.165, 1.54) is 17.4 Å². The number of halogens is 2. The molecular weight excluding hydrogens is 433 g/mol. The molecule has 3 aromatic rings. The Morgan fingerprint density at radius 2 is 1.93 bits per heavy atom. The monoisotopic (exact) mass is 451 g/mol. The number of carbonyl (C=O) groups is 1. The van der Waals surface area contributed by atoms with Crippen LogP contribution in [0.4, 0.5) is 5.13 Å². The van der Waals surface area contributed by atoms with Crippen LogP contribution in [0.1, 0.15) is 27.3 Å². The fourth-order valence-corrected chi connectivity index (χ4v) is 4.21. The van der Waals surface area contributed by atoms with Crippen molar-refractivity contribution < 1.29 is 9.90 Å². The highest BCUT2D eigenvalue weighted by molar-refractivity contribution is 7.13. The molecule has 2 heterocycles. The van der Waals surface area contributed by atoms with Crippen molar-refractivity contribution in [3.63, 3.8) is 0 Å². The number of aromatic carboxylic acids is 1. The maximum absolute atomic E-state index is 12.7. The Morgan fingerprint density at radius 3 is 2.52 bits per heavy atom. The van der Waals surface area contributed by atoms with E-state index in [-0.39, 0.29) is 16.1 Å². The van der Waals surface area contributed by atoms with Crippen LogP contribution in [-0.4, -0.2) is 27.7 Å². The number of carboxylic acids is 1. The number of hydrogen-bond donors (Lipinski definition) is 1. The molecule has 0 atom stereocenters. The molecule has 9 heteroatoms. The van der Waals surface area contributed by atoms with Crippen molar-refractivity contribution in [1.29, 1.82) is 0 Å². The highest BCUT2D eigenvalue weighted by Crippen LogP contribution is 2.24. The van der Waals surface area contributed by atoms with Crippen molar-refractivity contribution in [2.45, 2.75) is 26.4 Å². The molecule has 0 unspecified atom stereocenters.